The van der Waals surface area contributed by atoms with Crippen molar-refractivity contribution < 1.29 is 102 Å². The van der Waals surface area contributed by atoms with E-state index in [1.807, 2.05) is 12.1 Å². The molecule has 2 aromatic carbocycles. The lowest BCUT2D eigenvalue weighted by atomic mass is 9.88. The molecule has 0 saturated heterocycles. The molecule has 31 heteroatoms. The molecule has 0 radical (unpaired) electrons. The average Bonchev–Trinajstić information content (AvgIpc) is 1.70. The number of benzene rings is 2. The largest absolute Gasteiger partial charge is 0.481 e. The Labute approximate surface area is 596 Å². The molecule has 0 saturated carbocycles. The summed E-state index contributed by atoms with van der Waals surface area (Å²) in [4.78, 5) is 222. The molecule has 16 N–H and O–H groups in total. The summed E-state index contributed by atoms with van der Waals surface area (Å²) in [6.07, 6.45) is -7.01. The third kappa shape index (κ3) is 31.3. The van der Waals surface area contributed by atoms with Crippen molar-refractivity contribution in [1.29, 1.82) is 0 Å². The van der Waals surface area contributed by atoms with Gasteiger partial charge in [-0.3, -0.25) is 81.5 Å². The lowest BCUT2D eigenvalue weighted by molar-refractivity contribution is -0.145. The number of hydrogen-bond acceptors (Lipinski definition) is 20. The number of carbonyl (C=O) groups is 17. The first kappa shape index (κ1) is 84.4. The maximum Gasteiger partial charge on any atom is 0.306 e. The number of carbonyl (C=O) groups excluding carboxylic acids is 13. The van der Waals surface area contributed by atoms with Gasteiger partial charge in [0.1, 0.15) is 11.6 Å². The standard InChI is InChI=1S/C71H90N8O21S2/c1-39(67(95)77-51(20-27-63(75)88)57(84)36-45(71(99)100)15-29-65(91)92)31-56(83)53(33-42-11-7-4-8-12-42)79-68(96)43(14-28-64(89)90)34-47(80)38-49-18-24-60(102-49)59-23-17-48(101-59)16-22-54(81)40(2)76-70(98)46(32-41-9-5-3-6-10-41)37-58(85)52(21-30-66(93)94)78-69(97)44(13-25-61(73)86)35-55(82)50(72)19-26-62(74)87/h3-12,17-18,23-24,39-40,43-46,50-53H,13-16,19-22,25-38,72H2,1-2H3,(H2,73,86)(H2,74,87)(H2,75,88)(H,76,98)(H,77,95)(H,78,97)(H,79,96)(H,89,90)(H,91,92)(H,93,94)(H,99,100)/t39?,40-,43?,44?,45?,46?,50-,51-,52-,53-/m0/s1. The number of carboxylic acid groups (broad SMARTS) is 4. The highest BCUT2D eigenvalue weighted by Crippen LogP contribution is 2.35. The highest BCUT2D eigenvalue weighted by atomic mass is 32.1. The van der Waals surface area contributed by atoms with Gasteiger partial charge in [0.05, 0.1) is 36.1 Å². The fraction of sp³-hybridized carbons (Fsp3) is 0.479. The van der Waals surface area contributed by atoms with Crippen LogP contribution in [0.25, 0.3) is 9.75 Å². The van der Waals surface area contributed by atoms with Crippen LogP contribution in [0.3, 0.4) is 0 Å². The van der Waals surface area contributed by atoms with Crippen molar-refractivity contribution in [3.63, 3.8) is 0 Å². The number of aryl methyl sites for hydroxylation is 1. The van der Waals surface area contributed by atoms with E-state index in [0.717, 1.165) is 14.6 Å². The number of nitrogens with one attached hydrogen (secondary N) is 4. The molecule has 0 bridgehead atoms. The number of primary amides is 3. The molecule has 10 atom stereocenters. The third-order valence-electron chi connectivity index (χ3n) is 16.9. The van der Waals surface area contributed by atoms with Gasteiger partial charge in [0.25, 0.3) is 0 Å². The second-order valence-corrected chi connectivity index (χ2v) is 27.7. The number of Topliss-reactive ketones (excluding diaryl/α,β-unsaturated/α-hetero) is 6. The summed E-state index contributed by atoms with van der Waals surface area (Å²) in [5, 5.41) is 48.4. The van der Waals surface area contributed by atoms with Crippen molar-refractivity contribution >= 4 is 123 Å². The van der Waals surface area contributed by atoms with Crippen LogP contribution in [0.2, 0.25) is 0 Å². The quantitative estimate of drug-likeness (QED) is 0.0300. The first-order valence-corrected chi connectivity index (χ1v) is 34.9. The van der Waals surface area contributed by atoms with Crippen molar-refractivity contribution in [3.05, 3.63) is 106 Å². The van der Waals surface area contributed by atoms with Gasteiger partial charge >= 0.3 is 23.9 Å². The van der Waals surface area contributed by atoms with E-state index in [1.165, 1.54) is 36.5 Å². The molecule has 5 unspecified atom stereocenters. The molecule has 7 amide bonds. The number of amides is 7. The van der Waals surface area contributed by atoms with Crippen LogP contribution in [-0.2, 0) is 107 Å². The van der Waals surface area contributed by atoms with E-state index in [1.54, 1.807) is 72.8 Å². The van der Waals surface area contributed by atoms with Gasteiger partial charge in [-0.25, -0.2) is 0 Å². The van der Waals surface area contributed by atoms with Crippen LogP contribution in [0.1, 0.15) is 150 Å². The zero-order chi connectivity index (χ0) is 75.8. The van der Waals surface area contributed by atoms with Crippen molar-refractivity contribution in [2.75, 3.05) is 0 Å². The molecular formula is C71H90N8O21S2. The number of ketones is 6. The van der Waals surface area contributed by atoms with Crippen LogP contribution >= 0.6 is 22.7 Å². The predicted molar refractivity (Wildman–Crippen MR) is 371 cm³/mol. The topological polar surface area (TPSA) is 523 Å². The summed E-state index contributed by atoms with van der Waals surface area (Å²) in [5.41, 5.74) is 23.0. The lowest BCUT2D eigenvalue weighted by Crippen LogP contribution is -2.48. The highest BCUT2D eigenvalue weighted by molar-refractivity contribution is 7.22. The number of aliphatic carboxylic acids is 4. The number of carboxylic acids is 4. The molecule has 0 aliphatic heterocycles. The highest BCUT2D eigenvalue weighted by Gasteiger charge is 2.36. The van der Waals surface area contributed by atoms with Crippen molar-refractivity contribution in [2.45, 2.75) is 185 Å². The molecule has 0 aliphatic rings. The Hall–Kier alpha value is -10.0. The first-order valence-electron chi connectivity index (χ1n) is 33.3. The summed E-state index contributed by atoms with van der Waals surface area (Å²) in [6, 6.07) is 17.8. The molecular weight excluding hydrogens is 1360 g/mol. The van der Waals surface area contributed by atoms with Crippen molar-refractivity contribution in [1.82, 2.24) is 21.3 Å². The Morgan fingerprint density at radius 1 is 0.392 bits per heavy atom. The molecule has 4 aromatic rings. The van der Waals surface area contributed by atoms with Crippen LogP contribution < -0.4 is 44.2 Å². The minimum absolute atomic E-state index is 0.00429. The van der Waals surface area contributed by atoms with Gasteiger partial charge in [-0.1, -0.05) is 67.6 Å². The monoisotopic (exact) mass is 1450 g/mol. The Bertz CT molecular complexity index is 3650. The van der Waals surface area contributed by atoms with Crippen LogP contribution in [0, 0.1) is 29.6 Å². The first-order chi connectivity index (χ1) is 48.2. The Kier molecular flexibility index (Phi) is 35.5. The molecule has 2 aromatic heterocycles. The van der Waals surface area contributed by atoms with Gasteiger partial charge in [-0.2, -0.15) is 0 Å². The molecule has 0 spiro atoms. The van der Waals surface area contributed by atoms with Crippen LogP contribution in [-0.4, -0.2) is 151 Å². The second-order valence-electron chi connectivity index (χ2n) is 25.3. The van der Waals surface area contributed by atoms with Crippen LogP contribution in [0.4, 0.5) is 0 Å². The van der Waals surface area contributed by atoms with E-state index < -0.39 is 225 Å². The van der Waals surface area contributed by atoms with Gasteiger partial charge in [0.15, 0.2) is 23.1 Å². The fourth-order valence-electron chi connectivity index (χ4n) is 11.0. The van der Waals surface area contributed by atoms with E-state index in [2.05, 4.69) is 21.3 Å². The van der Waals surface area contributed by atoms with E-state index >= 15 is 0 Å². The minimum atomic E-state index is -1.48. The smallest absolute Gasteiger partial charge is 0.306 e. The SMILES string of the molecule is CC(CC(=O)[C@H](Cc1ccccc1)NC(=O)C(CCC(=O)O)CC(=O)Cc1ccc(-c2ccc(CCC(=O)[C@H](C)NC(=O)C(CC(=O)[C@H](CCC(=O)O)NC(=O)C(CCC(N)=O)CC(=O)[C@@H](N)CCC(N)=O)Cc3ccccc3)s2)s1)C(=O)N[C@@H](CCC(N)=O)C(=O)CC(CCC(=O)O)C(=O)O. The van der Waals surface area contributed by atoms with Gasteiger partial charge < -0.3 is 64.6 Å². The fourth-order valence-corrected chi connectivity index (χ4v) is 13.2. The van der Waals surface area contributed by atoms with Crippen LogP contribution in [0.5, 0.6) is 0 Å². The Morgan fingerprint density at radius 3 is 1.34 bits per heavy atom. The van der Waals surface area contributed by atoms with Gasteiger partial charge in [-0.15, -0.1) is 22.7 Å². The molecule has 4 rings (SSSR count). The predicted octanol–water partition coefficient (Wildman–Crippen LogP) is 3.67. The summed E-state index contributed by atoms with van der Waals surface area (Å²) >= 11 is 2.66. The average molecular weight is 1460 g/mol. The second kappa shape index (κ2) is 42.9. The lowest BCUT2D eigenvalue weighted by Gasteiger charge is -2.24. The minimum Gasteiger partial charge on any atom is -0.481 e. The summed E-state index contributed by atoms with van der Waals surface area (Å²) in [7, 11) is 0. The van der Waals surface area contributed by atoms with E-state index in [0.29, 0.717) is 16.0 Å². The van der Waals surface area contributed by atoms with Crippen LogP contribution in [0.15, 0.2) is 84.9 Å². The zero-order valence-electron chi connectivity index (χ0n) is 56.8. The number of nitrogens with two attached hydrogens (primary N) is 4. The summed E-state index contributed by atoms with van der Waals surface area (Å²) < 4.78 is 0. The van der Waals surface area contributed by atoms with E-state index in [9.17, 15) is 96.8 Å². The molecule has 0 aliphatic carbocycles. The van der Waals surface area contributed by atoms with Crippen molar-refractivity contribution in [2.24, 2.45) is 52.5 Å². The number of thiophene rings is 2. The number of rotatable bonds is 52. The molecule has 102 heavy (non-hydrogen) atoms. The van der Waals surface area contributed by atoms with E-state index in [-0.39, 0.29) is 76.4 Å². The maximum absolute atomic E-state index is 14.2. The summed E-state index contributed by atoms with van der Waals surface area (Å²) in [6.45, 7) is 2.85. The molecule has 0 fully saturated rings. The maximum atomic E-state index is 14.2. The Morgan fingerprint density at radius 2 is 0.804 bits per heavy atom. The van der Waals surface area contributed by atoms with Gasteiger partial charge in [-0.05, 0) is 100 Å². The third-order valence-corrected chi connectivity index (χ3v) is 19.4. The number of hydrogen-bond donors (Lipinski definition) is 12. The van der Waals surface area contributed by atoms with Gasteiger partial charge in [0.2, 0.25) is 41.4 Å². The zero-order valence-corrected chi connectivity index (χ0v) is 58.4. The normalized spacial score (nSPS) is 14.1. The summed E-state index contributed by atoms with van der Waals surface area (Å²) in [5.74, 6) is -20.7. The van der Waals surface area contributed by atoms with Crippen molar-refractivity contribution in [3.8, 4) is 9.75 Å². The Balaban J connectivity index is 1.42. The molecule has 552 valence electrons. The molecule has 29 nitrogen and oxygen atoms in total. The molecule has 2 heterocycles. The van der Waals surface area contributed by atoms with Gasteiger partial charge in [0, 0.05) is 127 Å². The van der Waals surface area contributed by atoms with E-state index in [4.69, 9.17) is 28.0 Å².